The van der Waals surface area contributed by atoms with Crippen LogP contribution in [0.3, 0.4) is 0 Å². The highest BCUT2D eigenvalue weighted by Crippen LogP contribution is 2.40. The number of nitrogens with zero attached hydrogens (tertiary/aromatic N) is 1. The molecule has 0 unspecified atom stereocenters. The Morgan fingerprint density at radius 1 is 0.846 bits per heavy atom. The summed E-state index contributed by atoms with van der Waals surface area (Å²) in [6.45, 7) is 6.42. The SMILES string of the molecule is CC(C)(C)c1cccc(-c2ccccc2)c1Nc1ccccc1[N+](=O)[O-]. The number of hydrogen-bond acceptors (Lipinski definition) is 3. The van der Waals surface area contributed by atoms with Crippen LogP contribution in [0.15, 0.2) is 72.8 Å². The third-order valence-corrected chi connectivity index (χ3v) is 4.32. The predicted octanol–water partition coefficient (Wildman–Crippen LogP) is 6.30. The molecule has 4 heteroatoms. The standard InChI is InChI=1S/C22H22N2O2/c1-22(2,3)18-13-9-12-17(16-10-5-4-6-11-16)21(18)23-19-14-7-8-15-20(19)24(25)26/h4-15,23H,1-3H3. The fourth-order valence-electron chi connectivity index (χ4n) is 3.04. The van der Waals surface area contributed by atoms with Crippen molar-refractivity contribution in [3.63, 3.8) is 0 Å². The molecule has 0 spiro atoms. The van der Waals surface area contributed by atoms with Crippen LogP contribution in [0.2, 0.25) is 0 Å². The average Bonchev–Trinajstić information content (AvgIpc) is 2.62. The van der Waals surface area contributed by atoms with Crippen molar-refractivity contribution in [1.29, 1.82) is 0 Å². The molecule has 3 aromatic rings. The first kappa shape index (κ1) is 17.7. The summed E-state index contributed by atoms with van der Waals surface area (Å²) in [5.41, 5.74) is 4.55. The summed E-state index contributed by atoms with van der Waals surface area (Å²) >= 11 is 0. The Morgan fingerprint density at radius 2 is 1.50 bits per heavy atom. The fraction of sp³-hybridized carbons (Fsp3) is 0.182. The van der Waals surface area contributed by atoms with Crippen LogP contribution in [0.1, 0.15) is 26.3 Å². The predicted molar refractivity (Wildman–Crippen MR) is 107 cm³/mol. The monoisotopic (exact) mass is 346 g/mol. The normalized spacial score (nSPS) is 11.2. The van der Waals surface area contributed by atoms with E-state index in [2.05, 4.69) is 32.2 Å². The summed E-state index contributed by atoms with van der Waals surface area (Å²) in [7, 11) is 0. The van der Waals surface area contributed by atoms with Gasteiger partial charge in [0.15, 0.2) is 0 Å². The van der Waals surface area contributed by atoms with Crippen LogP contribution >= 0.6 is 0 Å². The zero-order valence-corrected chi connectivity index (χ0v) is 15.2. The maximum absolute atomic E-state index is 11.4. The van der Waals surface area contributed by atoms with E-state index >= 15 is 0 Å². The largest absolute Gasteiger partial charge is 0.349 e. The quantitative estimate of drug-likeness (QED) is 0.445. The lowest BCUT2D eigenvalue weighted by Crippen LogP contribution is -2.14. The lowest BCUT2D eigenvalue weighted by atomic mass is 9.83. The Bertz CT molecular complexity index is 928. The summed E-state index contributed by atoms with van der Waals surface area (Å²) in [6, 6.07) is 23.0. The molecule has 0 aromatic heterocycles. The first-order chi connectivity index (χ1) is 12.4. The van der Waals surface area contributed by atoms with Crippen molar-refractivity contribution in [3.05, 3.63) is 88.5 Å². The van der Waals surface area contributed by atoms with Crippen LogP contribution < -0.4 is 5.32 Å². The van der Waals surface area contributed by atoms with Crippen molar-refractivity contribution in [2.75, 3.05) is 5.32 Å². The van der Waals surface area contributed by atoms with E-state index in [-0.39, 0.29) is 16.0 Å². The first-order valence-electron chi connectivity index (χ1n) is 8.57. The van der Waals surface area contributed by atoms with Gasteiger partial charge >= 0.3 is 0 Å². The maximum atomic E-state index is 11.4. The van der Waals surface area contributed by atoms with Crippen LogP contribution in [0.25, 0.3) is 11.1 Å². The van der Waals surface area contributed by atoms with E-state index in [1.165, 1.54) is 6.07 Å². The average molecular weight is 346 g/mol. The molecule has 0 bridgehead atoms. The van der Waals surface area contributed by atoms with Gasteiger partial charge in [-0.1, -0.05) is 81.4 Å². The number of para-hydroxylation sites is 3. The number of nitrogens with one attached hydrogen (secondary N) is 1. The van der Waals surface area contributed by atoms with Gasteiger partial charge in [-0.15, -0.1) is 0 Å². The summed E-state index contributed by atoms with van der Waals surface area (Å²) in [5, 5.41) is 14.8. The van der Waals surface area contributed by atoms with E-state index in [1.807, 2.05) is 42.5 Å². The molecule has 0 aliphatic heterocycles. The molecule has 26 heavy (non-hydrogen) atoms. The van der Waals surface area contributed by atoms with Crippen LogP contribution in [0.4, 0.5) is 17.1 Å². The molecule has 0 aliphatic rings. The molecule has 0 saturated carbocycles. The van der Waals surface area contributed by atoms with Gasteiger partial charge < -0.3 is 5.32 Å². The van der Waals surface area contributed by atoms with Crippen molar-refractivity contribution in [3.8, 4) is 11.1 Å². The summed E-state index contributed by atoms with van der Waals surface area (Å²) in [4.78, 5) is 11.1. The van der Waals surface area contributed by atoms with Gasteiger partial charge in [0.05, 0.1) is 10.6 Å². The van der Waals surface area contributed by atoms with Gasteiger partial charge in [0.1, 0.15) is 5.69 Å². The lowest BCUT2D eigenvalue weighted by molar-refractivity contribution is -0.383. The highest BCUT2D eigenvalue weighted by molar-refractivity contribution is 5.85. The van der Waals surface area contributed by atoms with E-state index in [1.54, 1.807) is 18.2 Å². The minimum absolute atomic E-state index is 0.0650. The molecule has 0 atom stereocenters. The Labute approximate surface area is 153 Å². The zero-order valence-electron chi connectivity index (χ0n) is 15.2. The number of anilines is 2. The molecule has 1 N–H and O–H groups in total. The van der Waals surface area contributed by atoms with Crippen LogP contribution in [0.5, 0.6) is 0 Å². The molecule has 0 amide bonds. The van der Waals surface area contributed by atoms with Gasteiger partial charge in [-0.2, -0.15) is 0 Å². The Morgan fingerprint density at radius 3 is 2.15 bits per heavy atom. The van der Waals surface area contributed by atoms with Crippen molar-refractivity contribution in [2.24, 2.45) is 0 Å². The van der Waals surface area contributed by atoms with E-state index in [0.29, 0.717) is 5.69 Å². The smallest absolute Gasteiger partial charge is 0.292 e. The van der Waals surface area contributed by atoms with Gasteiger partial charge in [-0.3, -0.25) is 10.1 Å². The second-order valence-corrected chi connectivity index (χ2v) is 7.24. The second kappa shape index (κ2) is 7.00. The Kier molecular flexibility index (Phi) is 4.76. The summed E-state index contributed by atoms with van der Waals surface area (Å²) in [6.07, 6.45) is 0. The van der Waals surface area contributed by atoms with Crippen LogP contribution in [0, 0.1) is 10.1 Å². The zero-order chi connectivity index (χ0) is 18.7. The van der Waals surface area contributed by atoms with Crippen molar-refractivity contribution < 1.29 is 4.92 Å². The van der Waals surface area contributed by atoms with E-state index < -0.39 is 0 Å². The molecular formula is C22H22N2O2. The molecule has 0 saturated heterocycles. The summed E-state index contributed by atoms with van der Waals surface area (Å²) in [5.74, 6) is 0. The molecule has 0 fully saturated rings. The molecule has 0 aliphatic carbocycles. The molecule has 3 aromatic carbocycles. The summed E-state index contributed by atoms with van der Waals surface area (Å²) < 4.78 is 0. The topological polar surface area (TPSA) is 55.2 Å². The van der Waals surface area contributed by atoms with Crippen molar-refractivity contribution in [1.82, 2.24) is 0 Å². The first-order valence-corrected chi connectivity index (χ1v) is 8.57. The van der Waals surface area contributed by atoms with Gasteiger partial charge in [-0.25, -0.2) is 0 Å². The number of hydrogen-bond donors (Lipinski definition) is 1. The lowest BCUT2D eigenvalue weighted by Gasteiger charge is -2.26. The number of benzene rings is 3. The molecule has 0 heterocycles. The number of rotatable bonds is 4. The number of nitro groups is 1. The van der Waals surface area contributed by atoms with Crippen molar-refractivity contribution >= 4 is 17.1 Å². The van der Waals surface area contributed by atoms with E-state index in [0.717, 1.165) is 22.4 Å². The van der Waals surface area contributed by atoms with Gasteiger partial charge in [0.25, 0.3) is 5.69 Å². The van der Waals surface area contributed by atoms with E-state index in [4.69, 9.17) is 0 Å². The Balaban J connectivity index is 2.21. The third kappa shape index (κ3) is 3.59. The molecule has 3 rings (SSSR count). The van der Waals surface area contributed by atoms with Crippen molar-refractivity contribution in [2.45, 2.75) is 26.2 Å². The maximum Gasteiger partial charge on any atom is 0.292 e. The number of nitro benzene ring substituents is 1. The minimum atomic E-state index is -0.357. The molecular weight excluding hydrogens is 324 g/mol. The minimum Gasteiger partial charge on any atom is -0.349 e. The molecule has 0 radical (unpaired) electrons. The van der Waals surface area contributed by atoms with E-state index in [9.17, 15) is 10.1 Å². The molecule has 132 valence electrons. The van der Waals surface area contributed by atoms with Gasteiger partial charge in [-0.05, 0) is 22.6 Å². The van der Waals surface area contributed by atoms with Gasteiger partial charge in [0, 0.05) is 11.6 Å². The van der Waals surface area contributed by atoms with Crippen LogP contribution in [-0.4, -0.2) is 4.92 Å². The highest BCUT2D eigenvalue weighted by atomic mass is 16.6. The van der Waals surface area contributed by atoms with Gasteiger partial charge in [0.2, 0.25) is 0 Å². The molecule has 4 nitrogen and oxygen atoms in total. The third-order valence-electron chi connectivity index (χ3n) is 4.32. The second-order valence-electron chi connectivity index (χ2n) is 7.24. The van der Waals surface area contributed by atoms with Crippen LogP contribution in [-0.2, 0) is 5.41 Å². The Hall–Kier alpha value is -3.14. The highest BCUT2D eigenvalue weighted by Gasteiger charge is 2.22. The fourth-order valence-corrected chi connectivity index (χ4v) is 3.04.